The fourth-order valence-corrected chi connectivity index (χ4v) is 3.74. The van der Waals surface area contributed by atoms with Gasteiger partial charge in [-0.1, -0.05) is 12.1 Å². The van der Waals surface area contributed by atoms with Crippen LogP contribution in [-0.4, -0.2) is 42.5 Å². The number of fused-ring (bicyclic) bond motifs is 1. The third kappa shape index (κ3) is 2.80. The molecule has 3 rings (SSSR count). The number of benzene rings is 1. The van der Waals surface area contributed by atoms with Crippen LogP contribution in [0.2, 0.25) is 0 Å². The summed E-state index contributed by atoms with van der Waals surface area (Å²) in [5.41, 5.74) is 8.42. The van der Waals surface area contributed by atoms with Crippen LogP contribution in [0.25, 0.3) is 11.0 Å². The topological polar surface area (TPSA) is 85.8 Å². The van der Waals surface area contributed by atoms with Crippen LogP contribution in [0.15, 0.2) is 22.8 Å². The molecule has 0 spiro atoms. The van der Waals surface area contributed by atoms with Gasteiger partial charge in [-0.05, 0) is 37.8 Å². The Labute approximate surface area is 146 Å². The van der Waals surface area contributed by atoms with Gasteiger partial charge in [0, 0.05) is 24.6 Å². The summed E-state index contributed by atoms with van der Waals surface area (Å²) >= 11 is 0. The molecule has 0 aliphatic carbocycles. The standard InChI is InChI=1S/C19H24N2O4/c1-12-5-6-15-14(10-25-17(15)13(12)2)9-16(22)21-8-4-7-19(21,11-24-3)18(20)23/h5-6,10H,4,7-9,11H2,1-3H3,(H2,20,23). The van der Waals surface area contributed by atoms with Crippen LogP contribution in [0.1, 0.15) is 29.5 Å². The number of furan rings is 1. The van der Waals surface area contributed by atoms with Gasteiger partial charge in [-0.2, -0.15) is 0 Å². The van der Waals surface area contributed by atoms with Crippen molar-refractivity contribution >= 4 is 22.8 Å². The summed E-state index contributed by atoms with van der Waals surface area (Å²) in [6, 6.07) is 4.00. The first-order valence-electron chi connectivity index (χ1n) is 8.46. The maximum Gasteiger partial charge on any atom is 0.245 e. The molecule has 1 unspecified atom stereocenters. The number of hydrogen-bond acceptors (Lipinski definition) is 4. The minimum Gasteiger partial charge on any atom is -0.464 e. The molecule has 0 bridgehead atoms. The summed E-state index contributed by atoms with van der Waals surface area (Å²) in [5.74, 6) is -0.641. The first-order chi connectivity index (χ1) is 11.9. The van der Waals surface area contributed by atoms with Crippen molar-refractivity contribution in [2.75, 3.05) is 20.3 Å². The maximum atomic E-state index is 12.9. The molecule has 134 valence electrons. The Morgan fingerprint density at radius 1 is 1.36 bits per heavy atom. The molecule has 1 fully saturated rings. The first kappa shape index (κ1) is 17.5. The molecule has 0 saturated carbocycles. The monoisotopic (exact) mass is 344 g/mol. The Morgan fingerprint density at radius 2 is 2.12 bits per heavy atom. The predicted octanol–water partition coefficient (Wildman–Crippen LogP) is 2.09. The molecule has 2 heterocycles. The van der Waals surface area contributed by atoms with Crippen molar-refractivity contribution < 1.29 is 18.7 Å². The van der Waals surface area contributed by atoms with Gasteiger partial charge in [0.25, 0.3) is 0 Å². The predicted molar refractivity (Wildman–Crippen MR) is 94.1 cm³/mol. The van der Waals surface area contributed by atoms with Gasteiger partial charge in [0.05, 0.1) is 19.3 Å². The van der Waals surface area contributed by atoms with Crippen LogP contribution in [0, 0.1) is 13.8 Å². The number of methoxy groups -OCH3 is 1. The van der Waals surface area contributed by atoms with E-state index >= 15 is 0 Å². The molecular weight excluding hydrogens is 320 g/mol. The number of nitrogens with two attached hydrogens (primary N) is 1. The number of aryl methyl sites for hydroxylation is 2. The minimum atomic E-state index is -1.04. The molecule has 25 heavy (non-hydrogen) atoms. The summed E-state index contributed by atoms with van der Waals surface area (Å²) < 4.78 is 10.9. The van der Waals surface area contributed by atoms with Crippen molar-refractivity contribution in [3.05, 3.63) is 35.1 Å². The smallest absolute Gasteiger partial charge is 0.245 e. The zero-order valence-corrected chi connectivity index (χ0v) is 14.9. The Morgan fingerprint density at radius 3 is 2.80 bits per heavy atom. The van der Waals surface area contributed by atoms with Gasteiger partial charge in [-0.3, -0.25) is 9.59 Å². The number of carbonyl (C=O) groups excluding carboxylic acids is 2. The summed E-state index contributed by atoms with van der Waals surface area (Å²) in [7, 11) is 1.51. The van der Waals surface area contributed by atoms with E-state index in [-0.39, 0.29) is 18.9 Å². The highest BCUT2D eigenvalue weighted by atomic mass is 16.5. The number of primary amides is 1. The fourth-order valence-electron chi connectivity index (χ4n) is 3.74. The van der Waals surface area contributed by atoms with Crippen molar-refractivity contribution in [3.63, 3.8) is 0 Å². The van der Waals surface area contributed by atoms with Gasteiger partial charge in [0.1, 0.15) is 11.1 Å². The van der Waals surface area contributed by atoms with Crippen molar-refractivity contribution in [2.45, 2.75) is 38.6 Å². The SMILES string of the molecule is COCC1(C(N)=O)CCCN1C(=O)Cc1coc2c(C)c(C)ccc12. The van der Waals surface area contributed by atoms with E-state index in [0.29, 0.717) is 13.0 Å². The normalized spacial score (nSPS) is 20.4. The van der Waals surface area contributed by atoms with Crippen molar-refractivity contribution in [3.8, 4) is 0 Å². The minimum absolute atomic E-state index is 0.124. The van der Waals surface area contributed by atoms with Gasteiger partial charge in [-0.25, -0.2) is 0 Å². The van der Waals surface area contributed by atoms with Crippen LogP contribution in [0.3, 0.4) is 0 Å². The molecule has 6 nitrogen and oxygen atoms in total. The zero-order valence-electron chi connectivity index (χ0n) is 14.9. The van der Waals surface area contributed by atoms with Gasteiger partial charge < -0.3 is 19.8 Å². The van der Waals surface area contributed by atoms with Crippen LogP contribution in [0.4, 0.5) is 0 Å². The number of rotatable bonds is 5. The third-order valence-corrected chi connectivity index (χ3v) is 5.31. The van der Waals surface area contributed by atoms with Crippen molar-refractivity contribution in [1.29, 1.82) is 0 Å². The second-order valence-electron chi connectivity index (χ2n) is 6.80. The highest BCUT2D eigenvalue weighted by Gasteiger charge is 2.48. The van der Waals surface area contributed by atoms with Crippen LogP contribution in [-0.2, 0) is 20.7 Å². The van der Waals surface area contributed by atoms with E-state index in [4.69, 9.17) is 14.9 Å². The molecule has 1 atom stereocenters. The van der Waals surface area contributed by atoms with Crippen LogP contribution >= 0.6 is 0 Å². The van der Waals surface area contributed by atoms with Gasteiger partial charge in [-0.15, -0.1) is 0 Å². The lowest BCUT2D eigenvalue weighted by Crippen LogP contribution is -2.59. The molecule has 2 aromatic rings. The van der Waals surface area contributed by atoms with Crippen molar-refractivity contribution in [1.82, 2.24) is 4.90 Å². The molecule has 2 N–H and O–H groups in total. The number of amides is 2. The lowest BCUT2D eigenvalue weighted by atomic mass is 9.95. The number of likely N-dealkylation sites (tertiary alicyclic amines) is 1. The molecule has 1 aromatic carbocycles. The number of hydrogen-bond donors (Lipinski definition) is 1. The van der Waals surface area contributed by atoms with Crippen LogP contribution in [0.5, 0.6) is 0 Å². The first-order valence-corrected chi connectivity index (χ1v) is 8.46. The highest BCUT2D eigenvalue weighted by molar-refractivity contribution is 5.94. The quantitative estimate of drug-likeness (QED) is 0.900. The largest absolute Gasteiger partial charge is 0.464 e. The molecule has 1 saturated heterocycles. The molecular formula is C19H24N2O4. The molecule has 1 aliphatic rings. The Kier molecular flexibility index (Phi) is 4.56. The average Bonchev–Trinajstić information content (AvgIpc) is 3.17. The van der Waals surface area contributed by atoms with E-state index in [0.717, 1.165) is 34.1 Å². The number of ether oxygens (including phenoxy) is 1. The van der Waals surface area contributed by atoms with Gasteiger partial charge in [0.2, 0.25) is 11.8 Å². The lowest BCUT2D eigenvalue weighted by molar-refractivity contribution is -0.146. The van der Waals surface area contributed by atoms with Crippen LogP contribution < -0.4 is 5.73 Å². The molecule has 1 aromatic heterocycles. The molecule has 2 amide bonds. The van der Waals surface area contributed by atoms with E-state index in [9.17, 15) is 9.59 Å². The summed E-state index contributed by atoms with van der Waals surface area (Å²) in [6.07, 6.45) is 3.08. The second-order valence-corrected chi connectivity index (χ2v) is 6.80. The Bertz CT molecular complexity index is 826. The second kappa shape index (κ2) is 6.52. The summed E-state index contributed by atoms with van der Waals surface area (Å²) in [6.45, 7) is 4.67. The third-order valence-electron chi connectivity index (χ3n) is 5.31. The summed E-state index contributed by atoms with van der Waals surface area (Å²) in [4.78, 5) is 26.6. The van der Waals surface area contributed by atoms with E-state index in [2.05, 4.69) is 0 Å². The van der Waals surface area contributed by atoms with Gasteiger partial charge >= 0.3 is 0 Å². The van der Waals surface area contributed by atoms with E-state index in [1.165, 1.54) is 7.11 Å². The van der Waals surface area contributed by atoms with Gasteiger partial charge in [0.15, 0.2) is 0 Å². The van der Waals surface area contributed by atoms with E-state index in [1.54, 1.807) is 11.2 Å². The number of nitrogens with zero attached hydrogens (tertiary/aromatic N) is 1. The average molecular weight is 344 g/mol. The highest BCUT2D eigenvalue weighted by Crippen LogP contribution is 2.32. The Hall–Kier alpha value is -2.34. The Balaban J connectivity index is 1.89. The molecule has 6 heteroatoms. The summed E-state index contributed by atoms with van der Waals surface area (Å²) in [5, 5.41) is 0.937. The lowest BCUT2D eigenvalue weighted by Gasteiger charge is -2.35. The number of carbonyl (C=O) groups is 2. The fraction of sp³-hybridized carbons (Fsp3) is 0.474. The zero-order chi connectivity index (χ0) is 18.2. The molecule has 0 radical (unpaired) electrons. The molecule has 1 aliphatic heterocycles. The van der Waals surface area contributed by atoms with E-state index < -0.39 is 11.4 Å². The van der Waals surface area contributed by atoms with E-state index in [1.807, 2.05) is 26.0 Å². The maximum absolute atomic E-state index is 12.9. The van der Waals surface area contributed by atoms with Crippen molar-refractivity contribution in [2.24, 2.45) is 5.73 Å².